The first-order chi connectivity index (χ1) is 13.7. The van der Waals surface area contributed by atoms with Crippen molar-refractivity contribution in [3.05, 3.63) is 83.8 Å². The molecule has 0 aliphatic carbocycles. The Labute approximate surface area is 165 Å². The summed E-state index contributed by atoms with van der Waals surface area (Å²) in [6, 6.07) is 19.7. The zero-order valence-corrected chi connectivity index (χ0v) is 15.2. The van der Waals surface area contributed by atoms with E-state index in [1.54, 1.807) is 42.5 Å². The lowest BCUT2D eigenvalue weighted by molar-refractivity contribution is -0.111. The van der Waals surface area contributed by atoms with E-state index in [-0.39, 0.29) is 5.70 Å². The van der Waals surface area contributed by atoms with Gasteiger partial charge >= 0.3 is 0 Å². The molecule has 1 amide bonds. The predicted octanol–water partition coefficient (Wildman–Crippen LogP) is 4.22. The Bertz CT molecular complexity index is 1100. The van der Waals surface area contributed by atoms with Crippen molar-refractivity contribution in [1.29, 1.82) is 0 Å². The molecule has 2 aromatic heterocycles. The molecule has 8 heteroatoms. The summed E-state index contributed by atoms with van der Waals surface area (Å²) in [5.74, 6) is 0.531. The Balaban J connectivity index is 1.74. The zero-order chi connectivity index (χ0) is 19.3. The summed E-state index contributed by atoms with van der Waals surface area (Å²) < 4.78 is 6.75. The van der Waals surface area contributed by atoms with Gasteiger partial charge in [-0.2, -0.15) is 4.68 Å². The van der Waals surface area contributed by atoms with Crippen molar-refractivity contribution in [3.8, 4) is 11.4 Å². The molecular formula is C20H14ClN5O2. The fraction of sp³-hybridized carbons (Fsp3) is 0. The summed E-state index contributed by atoms with van der Waals surface area (Å²) in [5.41, 5.74) is 1.57. The topological polar surface area (TPSA) is 85.8 Å². The minimum Gasteiger partial charge on any atom is -0.465 e. The fourth-order valence-corrected chi connectivity index (χ4v) is 2.70. The third-order valence-electron chi connectivity index (χ3n) is 3.89. The molecule has 0 aliphatic heterocycles. The molecule has 0 bridgehead atoms. The molecule has 0 aliphatic rings. The molecule has 0 radical (unpaired) electrons. The number of furan rings is 1. The van der Waals surface area contributed by atoms with Crippen molar-refractivity contribution in [1.82, 2.24) is 20.2 Å². The second kappa shape index (κ2) is 7.89. The number of nitrogens with zero attached hydrogens (tertiary/aromatic N) is 4. The van der Waals surface area contributed by atoms with Crippen LogP contribution >= 0.6 is 11.6 Å². The fourth-order valence-electron chi connectivity index (χ4n) is 2.58. The van der Waals surface area contributed by atoms with E-state index in [0.29, 0.717) is 22.3 Å². The van der Waals surface area contributed by atoms with Crippen LogP contribution in [0.1, 0.15) is 5.76 Å². The maximum Gasteiger partial charge on any atom is 0.274 e. The van der Waals surface area contributed by atoms with Crippen LogP contribution in [0.15, 0.2) is 77.4 Å². The van der Waals surface area contributed by atoms with Gasteiger partial charge in [-0.3, -0.25) is 4.79 Å². The van der Waals surface area contributed by atoms with Crippen LogP contribution < -0.4 is 5.32 Å². The maximum absolute atomic E-state index is 13.0. The highest BCUT2D eigenvalue weighted by molar-refractivity contribution is 6.30. The number of aromatic nitrogens is 4. The molecular weight excluding hydrogens is 378 g/mol. The van der Waals surface area contributed by atoms with E-state index < -0.39 is 5.91 Å². The monoisotopic (exact) mass is 391 g/mol. The number of anilines is 1. The molecule has 0 spiro atoms. The van der Waals surface area contributed by atoms with Crippen LogP contribution in [0.5, 0.6) is 0 Å². The predicted molar refractivity (Wildman–Crippen MR) is 106 cm³/mol. The molecule has 0 fully saturated rings. The Hall–Kier alpha value is -3.71. The quantitative estimate of drug-likeness (QED) is 0.515. The van der Waals surface area contributed by atoms with Crippen LogP contribution in [0.4, 0.5) is 5.69 Å². The van der Waals surface area contributed by atoms with Crippen LogP contribution in [0.25, 0.3) is 23.2 Å². The van der Waals surface area contributed by atoms with Crippen molar-refractivity contribution in [3.63, 3.8) is 0 Å². The lowest BCUT2D eigenvalue weighted by atomic mass is 10.2. The molecule has 2 aromatic carbocycles. The Morgan fingerprint density at radius 2 is 1.82 bits per heavy atom. The average Bonchev–Trinajstić information content (AvgIpc) is 3.40. The SMILES string of the molecule is O=C(Nc1ccc(Cl)cc1)/C(=C/c1ccco1)n1nnnc1-c1ccccc1. The number of hydrogen-bond donors (Lipinski definition) is 1. The highest BCUT2D eigenvalue weighted by Gasteiger charge is 2.20. The summed E-state index contributed by atoms with van der Waals surface area (Å²) in [6.07, 6.45) is 3.10. The largest absolute Gasteiger partial charge is 0.465 e. The van der Waals surface area contributed by atoms with Gasteiger partial charge in [0.25, 0.3) is 5.91 Å². The second-order valence-corrected chi connectivity index (χ2v) is 6.22. The number of amides is 1. The summed E-state index contributed by atoms with van der Waals surface area (Å²) in [6.45, 7) is 0. The standard InChI is InChI=1S/C20H14ClN5O2/c21-15-8-10-16(11-9-15)22-20(27)18(13-17-7-4-12-28-17)26-19(23-24-25-26)14-5-2-1-3-6-14/h1-13H,(H,22,27)/b18-13-. The molecule has 2 heterocycles. The van der Waals surface area contributed by atoms with Crippen LogP contribution in [0, 0.1) is 0 Å². The molecule has 1 N–H and O–H groups in total. The number of benzene rings is 2. The van der Waals surface area contributed by atoms with E-state index in [1.165, 1.54) is 10.9 Å². The normalized spacial score (nSPS) is 11.4. The maximum atomic E-state index is 13.0. The number of nitrogens with one attached hydrogen (secondary N) is 1. The summed E-state index contributed by atoms with van der Waals surface area (Å²) in [4.78, 5) is 13.0. The Morgan fingerprint density at radius 1 is 1.04 bits per heavy atom. The number of tetrazole rings is 1. The number of halogens is 1. The lowest BCUT2D eigenvalue weighted by Crippen LogP contribution is -2.19. The van der Waals surface area contributed by atoms with Crippen molar-refractivity contribution < 1.29 is 9.21 Å². The molecule has 0 saturated heterocycles. The molecule has 0 saturated carbocycles. The Kier molecular flexibility index (Phi) is 4.99. The number of carbonyl (C=O) groups excluding carboxylic acids is 1. The average molecular weight is 392 g/mol. The lowest BCUT2D eigenvalue weighted by Gasteiger charge is -2.10. The van der Waals surface area contributed by atoms with E-state index in [1.807, 2.05) is 30.3 Å². The van der Waals surface area contributed by atoms with Gasteiger partial charge in [0.15, 0.2) is 5.82 Å². The molecule has 138 valence electrons. The summed E-state index contributed by atoms with van der Waals surface area (Å²) in [7, 11) is 0. The van der Waals surface area contributed by atoms with Gasteiger partial charge in [-0.15, -0.1) is 5.10 Å². The van der Waals surface area contributed by atoms with Crippen molar-refractivity contribution in [2.75, 3.05) is 5.32 Å². The summed E-state index contributed by atoms with van der Waals surface area (Å²) in [5, 5.41) is 15.2. The minimum absolute atomic E-state index is 0.203. The highest BCUT2D eigenvalue weighted by Crippen LogP contribution is 2.22. The minimum atomic E-state index is -0.400. The van der Waals surface area contributed by atoms with E-state index in [4.69, 9.17) is 16.0 Å². The molecule has 0 atom stereocenters. The van der Waals surface area contributed by atoms with Crippen molar-refractivity contribution in [2.45, 2.75) is 0 Å². The van der Waals surface area contributed by atoms with Gasteiger partial charge in [0.1, 0.15) is 11.5 Å². The number of rotatable bonds is 5. The number of hydrogen-bond acceptors (Lipinski definition) is 5. The van der Waals surface area contributed by atoms with Gasteiger partial charge in [0.2, 0.25) is 0 Å². The molecule has 4 rings (SSSR count). The van der Waals surface area contributed by atoms with Gasteiger partial charge in [0.05, 0.1) is 6.26 Å². The zero-order valence-electron chi connectivity index (χ0n) is 14.5. The van der Waals surface area contributed by atoms with Crippen LogP contribution in [0.3, 0.4) is 0 Å². The van der Waals surface area contributed by atoms with E-state index in [9.17, 15) is 4.79 Å². The van der Waals surface area contributed by atoms with Crippen LogP contribution in [-0.4, -0.2) is 26.1 Å². The van der Waals surface area contributed by atoms with E-state index in [2.05, 4.69) is 20.8 Å². The van der Waals surface area contributed by atoms with Crippen molar-refractivity contribution >= 4 is 35.0 Å². The molecule has 7 nitrogen and oxygen atoms in total. The van der Waals surface area contributed by atoms with E-state index >= 15 is 0 Å². The first-order valence-electron chi connectivity index (χ1n) is 8.37. The first kappa shape index (κ1) is 17.7. The summed E-state index contributed by atoms with van der Waals surface area (Å²) >= 11 is 5.91. The third-order valence-corrected chi connectivity index (χ3v) is 4.14. The van der Waals surface area contributed by atoms with Gasteiger partial charge in [-0.1, -0.05) is 41.9 Å². The number of carbonyl (C=O) groups is 1. The molecule has 4 aromatic rings. The Morgan fingerprint density at radius 3 is 2.54 bits per heavy atom. The highest BCUT2D eigenvalue weighted by atomic mass is 35.5. The van der Waals surface area contributed by atoms with E-state index in [0.717, 1.165) is 5.56 Å². The van der Waals surface area contributed by atoms with Crippen LogP contribution in [-0.2, 0) is 4.79 Å². The second-order valence-electron chi connectivity index (χ2n) is 5.79. The van der Waals surface area contributed by atoms with Gasteiger partial charge in [-0.25, -0.2) is 0 Å². The molecule has 28 heavy (non-hydrogen) atoms. The smallest absolute Gasteiger partial charge is 0.274 e. The van der Waals surface area contributed by atoms with Crippen LogP contribution in [0.2, 0.25) is 5.02 Å². The van der Waals surface area contributed by atoms with Gasteiger partial charge in [0, 0.05) is 22.3 Å². The third kappa shape index (κ3) is 3.84. The van der Waals surface area contributed by atoms with Crippen molar-refractivity contribution in [2.24, 2.45) is 0 Å². The van der Waals surface area contributed by atoms with Gasteiger partial charge < -0.3 is 9.73 Å². The van der Waals surface area contributed by atoms with Gasteiger partial charge in [-0.05, 0) is 46.8 Å². The first-order valence-corrected chi connectivity index (χ1v) is 8.75. The molecule has 0 unspecified atom stereocenters.